The summed E-state index contributed by atoms with van der Waals surface area (Å²) in [5, 5.41) is 3.24. The Hall–Kier alpha value is -2.82. The third kappa shape index (κ3) is 2.77. The molecule has 3 rings (SSSR count). The average Bonchev–Trinajstić information content (AvgIpc) is 2.49. The quantitative estimate of drug-likeness (QED) is 0.787. The van der Waals surface area contributed by atoms with E-state index in [9.17, 15) is 0 Å². The van der Waals surface area contributed by atoms with Gasteiger partial charge in [0.05, 0.1) is 5.69 Å². The first-order valence-corrected chi connectivity index (χ1v) is 6.24. The Labute approximate surface area is 116 Å². The molecule has 5 nitrogen and oxygen atoms in total. The van der Waals surface area contributed by atoms with Crippen molar-refractivity contribution in [1.29, 1.82) is 0 Å². The number of anilines is 2. The summed E-state index contributed by atoms with van der Waals surface area (Å²) in [6.07, 6.45) is 7.00. The van der Waals surface area contributed by atoms with E-state index in [1.54, 1.807) is 24.8 Å². The predicted molar refractivity (Wildman–Crippen MR) is 77.5 cm³/mol. The summed E-state index contributed by atoms with van der Waals surface area (Å²) in [6.45, 7) is 1.87. The van der Waals surface area contributed by atoms with E-state index in [2.05, 4.69) is 25.3 Å². The number of aryl methyl sites for hydroxylation is 1. The van der Waals surface area contributed by atoms with Crippen LogP contribution in [0.4, 0.5) is 11.5 Å². The maximum absolute atomic E-state index is 4.44. The fraction of sp³-hybridized carbons (Fsp3) is 0.0667. The van der Waals surface area contributed by atoms with Gasteiger partial charge in [-0.1, -0.05) is 0 Å². The van der Waals surface area contributed by atoms with Crippen LogP contribution in [0.2, 0.25) is 0 Å². The van der Waals surface area contributed by atoms with Gasteiger partial charge in [-0.3, -0.25) is 9.97 Å². The van der Waals surface area contributed by atoms with E-state index in [0.29, 0.717) is 5.82 Å². The van der Waals surface area contributed by atoms with Gasteiger partial charge in [0.2, 0.25) is 0 Å². The van der Waals surface area contributed by atoms with E-state index in [1.807, 2.05) is 37.3 Å². The zero-order chi connectivity index (χ0) is 13.8. The van der Waals surface area contributed by atoms with Gasteiger partial charge in [-0.05, 0) is 31.2 Å². The molecule has 3 aromatic heterocycles. The van der Waals surface area contributed by atoms with Crippen molar-refractivity contribution >= 4 is 11.5 Å². The van der Waals surface area contributed by atoms with Crippen molar-refractivity contribution in [2.75, 3.05) is 5.32 Å². The molecule has 0 aliphatic rings. The highest BCUT2D eigenvalue weighted by molar-refractivity contribution is 5.64. The van der Waals surface area contributed by atoms with Gasteiger partial charge in [0.25, 0.3) is 0 Å². The largest absolute Gasteiger partial charge is 0.340 e. The summed E-state index contributed by atoms with van der Waals surface area (Å²) < 4.78 is 0. The smallest absolute Gasteiger partial charge is 0.134 e. The summed E-state index contributed by atoms with van der Waals surface area (Å²) in [5.41, 5.74) is 2.76. The van der Waals surface area contributed by atoms with E-state index in [-0.39, 0.29) is 0 Å². The highest BCUT2D eigenvalue weighted by atomic mass is 15.0. The normalized spacial score (nSPS) is 10.2. The molecule has 1 N–H and O–H groups in total. The van der Waals surface area contributed by atoms with Gasteiger partial charge in [-0.25, -0.2) is 9.97 Å². The Morgan fingerprint density at radius 2 is 1.80 bits per heavy atom. The second-order valence-electron chi connectivity index (χ2n) is 4.29. The Morgan fingerprint density at radius 1 is 0.950 bits per heavy atom. The van der Waals surface area contributed by atoms with Gasteiger partial charge in [-0.2, -0.15) is 0 Å². The van der Waals surface area contributed by atoms with Crippen LogP contribution in [0.5, 0.6) is 0 Å². The van der Waals surface area contributed by atoms with Crippen LogP contribution in [0.15, 0.2) is 55.1 Å². The molecule has 0 aliphatic carbocycles. The van der Waals surface area contributed by atoms with Crippen molar-refractivity contribution in [3.63, 3.8) is 0 Å². The number of hydrogen-bond donors (Lipinski definition) is 1. The van der Waals surface area contributed by atoms with E-state index in [4.69, 9.17) is 0 Å². The number of hydrogen-bond acceptors (Lipinski definition) is 5. The number of rotatable bonds is 3. The van der Waals surface area contributed by atoms with Crippen molar-refractivity contribution in [2.45, 2.75) is 6.92 Å². The molecule has 5 heteroatoms. The first-order valence-electron chi connectivity index (χ1n) is 6.24. The third-order valence-electron chi connectivity index (χ3n) is 2.75. The Bertz CT molecular complexity index is 698. The maximum Gasteiger partial charge on any atom is 0.134 e. The van der Waals surface area contributed by atoms with Crippen LogP contribution in [0.3, 0.4) is 0 Å². The van der Waals surface area contributed by atoms with Crippen LogP contribution < -0.4 is 5.32 Å². The lowest BCUT2D eigenvalue weighted by Crippen LogP contribution is -1.99. The molecule has 0 spiro atoms. The summed E-state index contributed by atoms with van der Waals surface area (Å²) in [4.78, 5) is 16.9. The summed E-state index contributed by atoms with van der Waals surface area (Å²) in [5.74, 6) is 1.46. The van der Waals surface area contributed by atoms with E-state index in [1.165, 1.54) is 0 Å². The van der Waals surface area contributed by atoms with Gasteiger partial charge in [0.15, 0.2) is 0 Å². The first kappa shape index (κ1) is 12.2. The second kappa shape index (κ2) is 5.44. The van der Waals surface area contributed by atoms with Crippen LogP contribution in [0, 0.1) is 6.92 Å². The van der Waals surface area contributed by atoms with Crippen LogP contribution in [-0.4, -0.2) is 19.9 Å². The molecule has 0 fully saturated rings. The number of aromatic nitrogens is 4. The van der Waals surface area contributed by atoms with Crippen LogP contribution in [0.25, 0.3) is 11.3 Å². The zero-order valence-corrected chi connectivity index (χ0v) is 11.0. The lowest BCUT2D eigenvalue weighted by molar-refractivity contribution is 1.06. The first-order chi connectivity index (χ1) is 9.81. The molecule has 0 unspecified atom stereocenters. The molecule has 0 aromatic carbocycles. The standard InChI is InChI=1S/C15H13N5/c1-11-18-14(12-3-2-6-17-10-12)9-15(19-11)20-13-4-7-16-8-5-13/h2-10H,1H3,(H,16,18,19,20). The molecule has 3 heterocycles. The lowest BCUT2D eigenvalue weighted by Gasteiger charge is -2.08. The lowest BCUT2D eigenvalue weighted by atomic mass is 10.2. The Balaban J connectivity index is 1.95. The molecule has 0 bridgehead atoms. The van der Waals surface area contributed by atoms with Gasteiger partial charge >= 0.3 is 0 Å². The SMILES string of the molecule is Cc1nc(Nc2ccncc2)cc(-c2cccnc2)n1. The molecular weight excluding hydrogens is 250 g/mol. The number of nitrogens with one attached hydrogen (secondary N) is 1. The van der Waals surface area contributed by atoms with Gasteiger partial charge in [0, 0.05) is 42.1 Å². The summed E-state index contributed by atoms with van der Waals surface area (Å²) >= 11 is 0. The predicted octanol–water partition coefficient (Wildman–Crippen LogP) is 2.99. The van der Waals surface area contributed by atoms with E-state index < -0.39 is 0 Å². The van der Waals surface area contributed by atoms with Gasteiger partial charge in [0.1, 0.15) is 11.6 Å². The molecule has 0 saturated heterocycles. The topological polar surface area (TPSA) is 63.6 Å². The highest BCUT2D eigenvalue weighted by Crippen LogP contribution is 2.20. The van der Waals surface area contributed by atoms with Gasteiger partial charge in [-0.15, -0.1) is 0 Å². The van der Waals surface area contributed by atoms with Crippen LogP contribution >= 0.6 is 0 Å². The maximum atomic E-state index is 4.44. The molecule has 0 aliphatic heterocycles. The average molecular weight is 263 g/mol. The number of pyridine rings is 2. The Kier molecular flexibility index (Phi) is 3.33. The summed E-state index contributed by atoms with van der Waals surface area (Å²) in [7, 11) is 0. The van der Waals surface area contributed by atoms with Crippen molar-refractivity contribution in [3.8, 4) is 11.3 Å². The van der Waals surface area contributed by atoms with Crippen molar-refractivity contribution in [3.05, 3.63) is 60.9 Å². The third-order valence-corrected chi connectivity index (χ3v) is 2.75. The fourth-order valence-electron chi connectivity index (χ4n) is 1.88. The zero-order valence-electron chi connectivity index (χ0n) is 11.0. The van der Waals surface area contributed by atoms with E-state index in [0.717, 1.165) is 22.8 Å². The van der Waals surface area contributed by atoms with Crippen LogP contribution in [-0.2, 0) is 0 Å². The monoisotopic (exact) mass is 263 g/mol. The van der Waals surface area contributed by atoms with Crippen molar-refractivity contribution in [1.82, 2.24) is 19.9 Å². The van der Waals surface area contributed by atoms with Crippen LogP contribution in [0.1, 0.15) is 5.82 Å². The minimum Gasteiger partial charge on any atom is -0.340 e. The molecule has 3 aromatic rings. The molecule has 0 radical (unpaired) electrons. The minimum atomic E-state index is 0.711. The second-order valence-corrected chi connectivity index (χ2v) is 4.29. The van der Waals surface area contributed by atoms with E-state index >= 15 is 0 Å². The van der Waals surface area contributed by atoms with Crippen molar-refractivity contribution < 1.29 is 0 Å². The molecule has 20 heavy (non-hydrogen) atoms. The highest BCUT2D eigenvalue weighted by Gasteiger charge is 2.04. The molecule has 0 amide bonds. The minimum absolute atomic E-state index is 0.711. The van der Waals surface area contributed by atoms with Gasteiger partial charge < -0.3 is 5.32 Å². The summed E-state index contributed by atoms with van der Waals surface area (Å²) in [6, 6.07) is 9.56. The Morgan fingerprint density at radius 3 is 2.55 bits per heavy atom. The fourth-order valence-corrected chi connectivity index (χ4v) is 1.88. The molecule has 0 saturated carbocycles. The van der Waals surface area contributed by atoms with Crippen molar-refractivity contribution in [2.24, 2.45) is 0 Å². The molecule has 0 atom stereocenters. The number of nitrogens with zero attached hydrogens (tertiary/aromatic N) is 4. The molecular formula is C15H13N5. The molecule has 98 valence electrons.